The molecule has 0 radical (unpaired) electrons. The van der Waals surface area contributed by atoms with Crippen molar-refractivity contribution < 1.29 is 9.53 Å². The number of ether oxygens (including phenoxy) is 1. The van der Waals surface area contributed by atoms with E-state index in [1.165, 1.54) is 23.1 Å². The first-order valence-corrected chi connectivity index (χ1v) is 9.25. The molecule has 2 aromatic rings. The lowest BCUT2D eigenvalue weighted by Crippen LogP contribution is -2.26. The molecule has 1 aliphatic rings. The van der Waals surface area contributed by atoms with Gasteiger partial charge in [-0.3, -0.25) is 15.1 Å². The molecule has 0 saturated heterocycles. The highest BCUT2D eigenvalue weighted by molar-refractivity contribution is 8.14. The maximum atomic E-state index is 12.1. The van der Waals surface area contributed by atoms with Crippen molar-refractivity contribution in [3.05, 3.63) is 47.7 Å². The summed E-state index contributed by atoms with van der Waals surface area (Å²) in [5.74, 6) is 1.43. The molecule has 130 valence electrons. The molecule has 9 heteroatoms. The Labute approximate surface area is 153 Å². The maximum absolute atomic E-state index is 12.1. The Balaban J connectivity index is 1.64. The van der Waals surface area contributed by atoms with E-state index >= 15 is 0 Å². The normalized spacial score (nSPS) is 13.4. The van der Waals surface area contributed by atoms with Crippen LogP contribution in [0.15, 0.2) is 47.1 Å². The van der Waals surface area contributed by atoms with Gasteiger partial charge in [-0.25, -0.2) is 4.98 Å². The molecule has 0 spiro atoms. The van der Waals surface area contributed by atoms with Gasteiger partial charge in [0, 0.05) is 11.4 Å². The SMILES string of the molecule is C=C1NN=C(SCC(=O)Nc2nc(C)cs2)N1c1cccc(OC)c1. The number of aryl methyl sites for hydroxylation is 1. The van der Waals surface area contributed by atoms with Gasteiger partial charge in [0.15, 0.2) is 10.3 Å². The Morgan fingerprint density at radius 3 is 3.08 bits per heavy atom. The number of rotatable bonds is 5. The Bertz CT molecular complexity index is 833. The van der Waals surface area contributed by atoms with Gasteiger partial charge in [-0.2, -0.15) is 0 Å². The highest BCUT2D eigenvalue weighted by Gasteiger charge is 2.24. The predicted molar refractivity (Wildman–Crippen MR) is 103 cm³/mol. The average Bonchev–Trinajstić information content (AvgIpc) is 3.18. The van der Waals surface area contributed by atoms with E-state index in [1.54, 1.807) is 7.11 Å². The van der Waals surface area contributed by atoms with Crippen LogP contribution in [0.25, 0.3) is 0 Å². The Hall–Kier alpha value is -2.52. The number of carbonyl (C=O) groups is 1. The molecule has 1 aromatic heterocycles. The minimum atomic E-state index is -0.134. The molecule has 0 bridgehead atoms. The topological polar surface area (TPSA) is 78.8 Å². The number of carbonyl (C=O) groups excluding carboxylic acids is 1. The van der Waals surface area contributed by atoms with E-state index < -0.39 is 0 Å². The van der Waals surface area contributed by atoms with E-state index in [0.717, 1.165) is 17.1 Å². The third-order valence-corrected chi connectivity index (χ3v) is 5.07. The van der Waals surface area contributed by atoms with Crippen molar-refractivity contribution in [3.63, 3.8) is 0 Å². The highest BCUT2D eigenvalue weighted by atomic mass is 32.2. The molecule has 7 nitrogen and oxygen atoms in total. The fraction of sp³-hybridized carbons (Fsp3) is 0.188. The summed E-state index contributed by atoms with van der Waals surface area (Å²) in [6.45, 7) is 5.84. The van der Waals surface area contributed by atoms with Crippen LogP contribution in [0.1, 0.15) is 5.69 Å². The molecule has 2 heterocycles. The summed E-state index contributed by atoms with van der Waals surface area (Å²) >= 11 is 2.72. The van der Waals surface area contributed by atoms with Gasteiger partial charge in [0.05, 0.1) is 24.2 Å². The summed E-state index contributed by atoms with van der Waals surface area (Å²) in [6.07, 6.45) is 0. The summed E-state index contributed by atoms with van der Waals surface area (Å²) in [5, 5.41) is 10.2. The molecular weight excluding hydrogens is 358 g/mol. The van der Waals surface area contributed by atoms with Crippen molar-refractivity contribution in [3.8, 4) is 5.75 Å². The highest BCUT2D eigenvalue weighted by Crippen LogP contribution is 2.29. The number of amidine groups is 1. The molecule has 1 aromatic carbocycles. The molecule has 0 atom stereocenters. The molecule has 0 aliphatic carbocycles. The molecule has 25 heavy (non-hydrogen) atoms. The Morgan fingerprint density at radius 1 is 1.52 bits per heavy atom. The number of methoxy groups -OCH3 is 1. The number of aromatic nitrogens is 1. The fourth-order valence-corrected chi connectivity index (χ4v) is 3.63. The van der Waals surface area contributed by atoms with Crippen LogP contribution < -0.4 is 20.4 Å². The number of hydrogen-bond donors (Lipinski definition) is 2. The molecule has 0 saturated carbocycles. The molecular formula is C16H17N5O2S2. The van der Waals surface area contributed by atoms with E-state index in [2.05, 4.69) is 27.4 Å². The lowest BCUT2D eigenvalue weighted by Gasteiger charge is -2.20. The minimum absolute atomic E-state index is 0.134. The second kappa shape index (κ2) is 7.58. The monoisotopic (exact) mass is 375 g/mol. The number of anilines is 2. The number of amides is 1. The zero-order chi connectivity index (χ0) is 17.8. The number of hydrazone groups is 1. The van der Waals surface area contributed by atoms with Gasteiger partial charge in [0.25, 0.3) is 0 Å². The summed E-state index contributed by atoms with van der Waals surface area (Å²) in [5.41, 5.74) is 4.59. The third-order valence-electron chi connectivity index (χ3n) is 3.25. The Morgan fingerprint density at radius 2 is 2.36 bits per heavy atom. The first-order valence-electron chi connectivity index (χ1n) is 7.38. The molecule has 1 aliphatic heterocycles. The predicted octanol–water partition coefficient (Wildman–Crippen LogP) is 2.98. The second-order valence-electron chi connectivity index (χ2n) is 5.12. The van der Waals surface area contributed by atoms with Crippen molar-refractivity contribution in [2.24, 2.45) is 5.10 Å². The second-order valence-corrected chi connectivity index (χ2v) is 6.92. The van der Waals surface area contributed by atoms with Crippen LogP contribution in [0.4, 0.5) is 10.8 Å². The van der Waals surface area contributed by atoms with Crippen LogP contribution in [0.3, 0.4) is 0 Å². The summed E-state index contributed by atoms with van der Waals surface area (Å²) in [6, 6.07) is 7.56. The Kier molecular flexibility index (Phi) is 5.25. The molecule has 2 N–H and O–H groups in total. The van der Waals surface area contributed by atoms with Crippen molar-refractivity contribution in [1.82, 2.24) is 10.4 Å². The largest absolute Gasteiger partial charge is 0.497 e. The first-order chi connectivity index (χ1) is 12.1. The van der Waals surface area contributed by atoms with Gasteiger partial charge >= 0.3 is 0 Å². The summed E-state index contributed by atoms with van der Waals surface area (Å²) in [4.78, 5) is 18.2. The van der Waals surface area contributed by atoms with Crippen LogP contribution in [-0.2, 0) is 4.79 Å². The summed E-state index contributed by atoms with van der Waals surface area (Å²) < 4.78 is 5.26. The van der Waals surface area contributed by atoms with E-state index in [0.29, 0.717) is 16.1 Å². The minimum Gasteiger partial charge on any atom is -0.497 e. The van der Waals surface area contributed by atoms with E-state index in [-0.39, 0.29) is 11.7 Å². The number of nitrogens with one attached hydrogen (secondary N) is 2. The van der Waals surface area contributed by atoms with Gasteiger partial charge in [-0.05, 0) is 19.1 Å². The third kappa shape index (κ3) is 4.12. The number of thioether (sulfide) groups is 1. The smallest absolute Gasteiger partial charge is 0.236 e. The first kappa shape index (κ1) is 17.3. The van der Waals surface area contributed by atoms with Gasteiger partial charge in [0.2, 0.25) is 5.91 Å². The lowest BCUT2D eigenvalue weighted by atomic mass is 10.3. The van der Waals surface area contributed by atoms with Crippen LogP contribution in [0.5, 0.6) is 5.75 Å². The standard InChI is InChI=1S/C16H17N5O2S2/c1-10-8-24-15(17-10)18-14(22)9-25-16-20-19-11(2)21(16)12-5-4-6-13(7-12)23-3/h4-8,19H,2,9H2,1,3H3,(H,17,18,22). The zero-order valence-electron chi connectivity index (χ0n) is 13.8. The molecule has 3 rings (SSSR count). The lowest BCUT2D eigenvalue weighted by molar-refractivity contribution is -0.113. The van der Waals surface area contributed by atoms with Crippen LogP contribution in [-0.4, -0.2) is 28.9 Å². The van der Waals surface area contributed by atoms with Crippen molar-refractivity contribution in [1.29, 1.82) is 0 Å². The van der Waals surface area contributed by atoms with Crippen molar-refractivity contribution in [2.75, 3.05) is 23.1 Å². The van der Waals surface area contributed by atoms with Gasteiger partial charge < -0.3 is 10.1 Å². The average molecular weight is 375 g/mol. The van der Waals surface area contributed by atoms with Crippen LogP contribution in [0.2, 0.25) is 0 Å². The maximum Gasteiger partial charge on any atom is 0.236 e. The number of hydrogen-bond acceptors (Lipinski definition) is 8. The van der Waals surface area contributed by atoms with E-state index in [1.807, 2.05) is 41.5 Å². The zero-order valence-corrected chi connectivity index (χ0v) is 15.4. The van der Waals surface area contributed by atoms with Crippen molar-refractivity contribution in [2.45, 2.75) is 6.92 Å². The molecule has 1 amide bonds. The van der Waals surface area contributed by atoms with Gasteiger partial charge in [-0.1, -0.05) is 24.4 Å². The number of thiazole rings is 1. The van der Waals surface area contributed by atoms with Crippen LogP contribution in [0, 0.1) is 6.92 Å². The van der Waals surface area contributed by atoms with Crippen LogP contribution >= 0.6 is 23.1 Å². The van der Waals surface area contributed by atoms with Crippen molar-refractivity contribution >= 4 is 45.0 Å². The van der Waals surface area contributed by atoms with Gasteiger partial charge in [0.1, 0.15) is 11.6 Å². The van der Waals surface area contributed by atoms with E-state index in [9.17, 15) is 4.79 Å². The van der Waals surface area contributed by atoms with E-state index in [4.69, 9.17) is 4.74 Å². The number of nitrogens with zero attached hydrogens (tertiary/aromatic N) is 3. The quantitative estimate of drug-likeness (QED) is 0.836. The molecule has 0 fully saturated rings. The molecule has 0 unspecified atom stereocenters. The number of benzene rings is 1. The summed E-state index contributed by atoms with van der Waals surface area (Å²) in [7, 11) is 1.62. The fourth-order valence-electron chi connectivity index (χ4n) is 2.14. The van der Waals surface area contributed by atoms with Gasteiger partial charge in [-0.15, -0.1) is 16.4 Å².